The van der Waals surface area contributed by atoms with E-state index in [4.69, 9.17) is 4.74 Å². The molecule has 1 saturated heterocycles. The lowest BCUT2D eigenvalue weighted by molar-refractivity contribution is 0.0194. The molecule has 0 aromatic carbocycles. The van der Waals surface area contributed by atoms with Crippen LogP contribution in [0, 0.1) is 13.8 Å². The number of aliphatic imine (C=N–C) groups is 1. The van der Waals surface area contributed by atoms with Gasteiger partial charge in [0.2, 0.25) is 0 Å². The maximum atomic E-state index is 5.72. The molecule has 1 aliphatic rings. The summed E-state index contributed by atoms with van der Waals surface area (Å²) in [7, 11) is 3.76. The van der Waals surface area contributed by atoms with Crippen molar-refractivity contribution in [2.45, 2.75) is 45.8 Å². The summed E-state index contributed by atoms with van der Waals surface area (Å²) in [5.74, 6) is 0.812. The van der Waals surface area contributed by atoms with Crippen molar-refractivity contribution in [2.75, 3.05) is 20.2 Å². The summed E-state index contributed by atoms with van der Waals surface area (Å²) in [5.41, 5.74) is 3.48. The number of halogens is 1. The number of hydrogen-bond donors (Lipinski definition) is 2. The van der Waals surface area contributed by atoms with E-state index in [-0.39, 0.29) is 24.0 Å². The molecule has 2 heterocycles. The van der Waals surface area contributed by atoms with Crippen LogP contribution in [0.3, 0.4) is 0 Å². The van der Waals surface area contributed by atoms with E-state index < -0.39 is 0 Å². The summed E-state index contributed by atoms with van der Waals surface area (Å²) in [4.78, 5) is 4.27. The minimum absolute atomic E-state index is 0. The van der Waals surface area contributed by atoms with Gasteiger partial charge in [0.1, 0.15) is 0 Å². The monoisotopic (exact) mass is 421 g/mol. The third-order valence-corrected chi connectivity index (χ3v) is 4.09. The Morgan fingerprint density at radius 1 is 1.36 bits per heavy atom. The molecule has 0 amide bonds. The fraction of sp³-hybridized carbons (Fsp3) is 0.733. The van der Waals surface area contributed by atoms with E-state index in [0.717, 1.165) is 37.8 Å². The SMILES string of the molecule is CN=C(NCc1c(C)nn(C)c1C)NCC1CCCCO1.I. The van der Waals surface area contributed by atoms with Crippen molar-refractivity contribution in [3.63, 3.8) is 0 Å². The second-order valence-electron chi connectivity index (χ2n) is 5.57. The van der Waals surface area contributed by atoms with Crippen LogP contribution in [-0.4, -0.2) is 42.0 Å². The van der Waals surface area contributed by atoms with E-state index in [1.54, 1.807) is 7.05 Å². The zero-order valence-electron chi connectivity index (χ0n) is 14.0. The number of nitrogens with zero attached hydrogens (tertiary/aromatic N) is 3. The first-order valence-corrected chi connectivity index (χ1v) is 7.67. The molecule has 22 heavy (non-hydrogen) atoms. The number of aromatic nitrogens is 2. The molecule has 126 valence electrons. The van der Waals surface area contributed by atoms with Gasteiger partial charge in [0.15, 0.2) is 5.96 Å². The van der Waals surface area contributed by atoms with Crippen molar-refractivity contribution in [3.05, 3.63) is 17.0 Å². The van der Waals surface area contributed by atoms with Crippen LogP contribution < -0.4 is 10.6 Å². The lowest BCUT2D eigenvalue weighted by Crippen LogP contribution is -2.42. The molecular weight excluding hydrogens is 393 g/mol. The van der Waals surface area contributed by atoms with Crippen LogP contribution in [0.5, 0.6) is 0 Å². The second kappa shape index (κ2) is 9.34. The largest absolute Gasteiger partial charge is 0.376 e. The van der Waals surface area contributed by atoms with Crippen molar-refractivity contribution >= 4 is 29.9 Å². The fourth-order valence-electron chi connectivity index (χ4n) is 2.64. The Morgan fingerprint density at radius 2 is 2.14 bits per heavy atom. The van der Waals surface area contributed by atoms with Crippen molar-refractivity contribution in [1.29, 1.82) is 0 Å². The number of hydrogen-bond acceptors (Lipinski definition) is 3. The van der Waals surface area contributed by atoms with Gasteiger partial charge in [0, 0.05) is 45.0 Å². The highest BCUT2D eigenvalue weighted by Crippen LogP contribution is 2.12. The molecule has 7 heteroatoms. The molecule has 0 saturated carbocycles. The van der Waals surface area contributed by atoms with Crippen LogP contribution in [0.4, 0.5) is 0 Å². The van der Waals surface area contributed by atoms with Gasteiger partial charge in [0.25, 0.3) is 0 Å². The summed E-state index contributed by atoms with van der Waals surface area (Å²) >= 11 is 0. The van der Waals surface area contributed by atoms with Gasteiger partial charge in [-0.05, 0) is 33.1 Å². The van der Waals surface area contributed by atoms with Crippen molar-refractivity contribution in [2.24, 2.45) is 12.0 Å². The van der Waals surface area contributed by atoms with E-state index in [9.17, 15) is 0 Å². The highest BCUT2D eigenvalue weighted by Gasteiger charge is 2.14. The smallest absolute Gasteiger partial charge is 0.191 e. The molecule has 1 unspecified atom stereocenters. The number of rotatable bonds is 4. The van der Waals surface area contributed by atoms with E-state index in [1.807, 2.05) is 18.7 Å². The minimum atomic E-state index is 0. The maximum Gasteiger partial charge on any atom is 0.191 e. The molecular formula is C15H28IN5O. The molecule has 1 aliphatic heterocycles. The number of guanidine groups is 1. The third kappa shape index (κ3) is 5.12. The molecule has 6 nitrogen and oxygen atoms in total. The first-order valence-electron chi connectivity index (χ1n) is 7.67. The Hall–Kier alpha value is -0.830. The summed E-state index contributed by atoms with van der Waals surface area (Å²) in [6.45, 7) is 6.55. The predicted molar refractivity (Wildman–Crippen MR) is 99.9 cm³/mol. The predicted octanol–water partition coefficient (Wildman–Crippen LogP) is 1.89. The molecule has 0 spiro atoms. The van der Waals surface area contributed by atoms with Crippen molar-refractivity contribution in [1.82, 2.24) is 20.4 Å². The van der Waals surface area contributed by atoms with Crippen molar-refractivity contribution in [3.8, 4) is 0 Å². The number of aryl methyl sites for hydroxylation is 2. The topological polar surface area (TPSA) is 63.5 Å². The third-order valence-electron chi connectivity index (χ3n) is 4.09. The Labute approximate surface area is 150 Å². The van der Waals surface area contributed by atoms with Crippen LogP contribution in [0.25, 0.3) is 0 Å². The van der Waals surface area contributed by atoms with Gasteiger partial charge in [-0.25, -0.2) is 0 Å². The molecule has 2 rings (SSSR count). The maximum absolute atomic E-state index is 5.72. The summed E-state index contributed by atoms with van der Waals surface area (Å²) in [6.07, 6.45) is 3.87. The highest BCUT2D eigenvalue weighted by molar-refractivity contribution is 14.0. The van der Waals surface area contributed by atoms with E-state index in [2.05, 4.69) is 27.6 Å². The van der Waals surface area contributed by atoms with Gasteiger partial charge in [-0.1, -0.05) is 0 Å². The standard InChI is InChI=1S/C15H27N5O.HI/c1-11-14(12(2)20(4)19-11)10-18-15(16-3)17-9-13-7-5-6-8-21-13;/h13H,5-10H2,1-4H3,(H2,16,17,18);1H. The Kier molecular flexibility index (Phi) is 8.16. The Balaban J connectivity index is 0.00000242. The number of nitrogens with one attached hydrogen (secondary N) is 2. The first-order chi connectivity index (χ1) is 10.1. The first kappa shape index (κ1) is 19.2. The molecule has 0 aliphatic carbocycles. The summed E-state index contributed by atoms with van der Waals surface area (Å²) in [5, 5.41) is 11.1. The van der Waals surface area contributed by atoms with Crippen LogP contribution in [0.15, 0.2) is 4.99 Å². The van der Waals surface area contributed by atoms with Crippen molar-refractivity contribution < 1.29 is 4.74 Å². The van der Waals surface area contributed by atoms with Gasteiger partial charge < -0.3 is 15.4 Å². The Bertz CT molecular complexity index is 494. The zero-order chi connectivity index (χ0) is 15.2. The molecule has 1 fully saturated rings. The zero-order valence-corrected chi connectivity index (χ0v) is 16.3. The second-order valence-corrected chi connectivity index (χ2v) is 5.57. The van der Waals surface area contributed by atoms with E-state index in [1.165, 1.54) is 24.1 Å². The van der Waals surface area contributed by atoms with Gasteiger partial charge in [-0.15, -0.1) is 24.0 Å². The molecule has 0 bridgehead atoms. The average molecular weight is 421 g/mol. The fourth-order valence-corrected chi connectivity index (χ4v) is 2.64. The van der Waals surface area contributed by atoms with Crippen LogP contribution >= 0.6 is 24.0 Å². The molecule has 1 atom stereocenters. The molecule has 1 aromatic rings. The van der Waals surface area contributed by atoms with Gasteiger partial charge >= 0.3 is 0 Å². The lowest BCUT2D eigenvalue weighted by atomic mass is 10.1. The number of ether oxygens (including phenoxy) is 1. The molecule has 2 N–H and O–H groups in total. The molecule has 1 aromatic heterocycles. The average Bonchev–Trinajstić information content (AvgIpc) is 2.74. The van der Waals surface area contributed by atoms with Crippen LogP contribution in [0.1, 0.15) is 36.2 Å². The normalized spacial score (nSPS) is 18.7. The highest BCUT2D eigenvalue weighted by atomic mass is 127. The van der Waals surface area contributed by atoms with Gasteiger partial charge in [0.05, 0.1) is 11.8 Å². The van der Waals surface area contributed by atoms with Gasteiger partial charge in [-0.2, -0.15) is 5.10 Å². The summed E-state index contributed by atoms with van der Waals surface area (Å²) < 4.78 is 7.63. The summed E-state index contributed by atoms with van der Waals surface area (Å²) in [6, 6.07) is 0. The minimum Gasteiger partial charge on any atom is -0.376 e. The van der Waals surface area contributed by atoms with E-state index in [0.29, 0.717) is 6.10 Å². The van der Waals surface area contributed by atoms with Crippen LogP contribution in [0.2, 0.25) is 0 Å². The lowest BCUT2D eigenvalue weighted by Gasteiger charge is -2.23. The van der Waals surface area contributed by atoms with Gasteiger partial charge in [-0.3, -0.25) is 9.67 Å². The van der Waals surface area contributed by atoms with Crippen LogP contribution in [-0.2, 0) is 18.3 Å². The molecule has 0 radical (unpaired) electrons. The quantitative estimate of drug-likeness (QED) is 0.443. The van der Waals surface area contributed by atoms with E-state index >= 15 is 0 Å². The Morgan fingerprint density at radius 3 is 2.68 bits per heavy atom.